The van der Waals surface area contributed by atoms with Gasteiger partial charge in [-0.25, -0.2) is 14.5 Å². The van der Waals surface area contributed by atoms with Gasteiger partial charge in [0.25, 0.3) is 5.91 Å². The van der Waals surface area contributed by atoms with Crippen LogP contribution < -0.4 is 10.6 Å². The van der Waals surface area contributed by atoms with Crippen LogP contribution in [0, 0.1) is 5.92 Å². The van der Waals surface area contributed by atoms with E-state index in [0.29, 0.717) is 18.7 Å². The number of hydrogen-bond acceptors (Lipinski definition) is 5. The van der Waals surface area contributed by atoms with E-state index in [9.17, 15) is 14.4 Å². The molecule has 29 heavy (non-hydrogen) atoms. The number of hydrogen-bond donors (Lipinski definition) is 2. The Labute approximate surface area is 168 Å². The Morgan fingerprint density at radius 2 is 2.07 bits per heavy atom. The number of nitrogens with zero attached hydrogens (tertiary/aromatic N) is 4. The highest BCUT2D eigenvalue weighted by Crippen LogP contribution is 2.38. The third kappa shape index (κ3) is 3.72. The van der Waals surface area contributed by atoms with Crippen molar-refractivity contribution in [2.24, 2.45) is 5.92 Å². The van der Waals surface area contributed by atoms with E-state index in [1.54, 1.807) is 23.1 Å². The Hall–Kier alpha value is -3.23. The molecule has 2 N–H and O–H groups in total. The number of urea groups is 1. The molecule has 0 bridgehead atoms. The zero-order valence-corrected chi connectivity index (χ0v) is 16.3. The third-order valence-corrected chi connectivity index (χ3v) is 5.85. The first-order chi connectivity index (χ1) is 14.0. The molecule has 1 aromatic heterocycles. The van der Waals surface area contributed by atoms with E-state index in [1.807, 2.05) is 19.1 Å². The van der Waals surface area contributed by atoms with Crippen LogP contribution in [-0.2, 0) is 16.1 Å². The average Bonchev–Trinajstić information content (AvgIpc) is 3.29. The number of aromatic nitrogens is 3. The van der Waals surface area contributed by atoms with Crippen molar-refractivity contribution >= 4 is 23.5 Å². The summed E-state index contributed by atoms with van der Waals surface area (Å²) in [6.45, 7) is 2.28. The van der Waals surface area contributed by atoms with Crippen molar-refractivity contribution in [3.05, 3.63) is 42.5 Å². The number of amides is 4. The Bertz CT molecular complexity index is 911. The number of imide groups is 1. The lowest BCUT2D eigenvalue weighted by atomic mass is 9.73. The molecule has 2 aromatic rings. The number of carbonyl (C=O) groups is 3. The lowest BCUT2D eigenvalue weighted by Gasteiger charge is -2.36. The van der Waals surface area contributed by atoms with Crippen molar-refractivity contribution in [2.45, 2.75) is 44.7 Å². The minimum atomic E-state index is -0.849. The molecule has 4 amide bonds. The smallest absolute Gasteiger partial charge is 0.325 e. The summed E-state index contributed by atoms with van der Waals surface area (Å²) < 4.78 is 1.70. The largest absolute Gasteiger partial charge is 0.325 e. The van der Waals surface area contributed by atoms with Gasteiger partial charge in [-0.2, -0.15) is 5.10 Å². The van der Waals surface area contributed by atoms with Gasteiger partial charge in [-0.15, -0.1) is 0 Å². The zero-order valence-electron chi connectivity index (χ0n) is 16.3. The van der Waals surface area contributed by atoms with Crippen LogP contribution >= 0.6 is 0 Å². The Morgan fingerprint density at radius 1 is 1.28 bits per heavy atom. The lowest BCUT2D eigenvalue weighted by Crippen LogP contribution is -2.54. The maximum atomic E-state index is 12.9. The van der Waals surface area contributed by atoms with Crippen LogP contribution in [0.15, 0.2) is 36.9 Å². The fraction of sp³-hybridized carbons (Fsp3) is 0.450. The average molecular weight is 396 g/mol. The molecule has 1 aromatic carbocycles. The summed E-state index contributed by atoms with van der Waals surface area (Å²) in [6, 6.07) is 6.83. The second-order valence-electron chi connectivity index (χ2n) is 7.78. The van der Waals surface area contributed by atoms with Crippen LogP contribution in [0.1, 0.15) is 38.2 Å². The number of nitrogens with one attached hydrogen (secondary N) is 2. The second-order valence-corrected chi connectivity index (χ2v) is 7.78. The van der Waals surface area contributed by atoms with Crippen LogP contribution in [0.4, 0.5) is 10.5 Å². The monoisotopic (exact) mass is 396 g/mol. The fourth-order valence-corrected chi connectivity index (χ4v) is 4.18. The normalized spacial score (nSPS) is 24.0. The SMILES string of the molecule is C[C@@H]1CCCC[C@]12NC(=O)N(CC(=O)Nc1ccc(Cn3cncn3)cc1)C2=O. The van der Waals surface area contributed by atoms with Gasteiger partial charge in [-0.05, 0) is 36.5 Å². The second kappa shape index (κ2) is 7.65. The summed E-state index contributed by atoms with van der Waals surface area (Å²) in [4.78, 5) is 42.7. The molecule has 152 valence electrons. The molecule has 0 unspecified atom stereocenters. The number of carbonyl (C=O) groups excluding carboxylic acids is 3. The van der Waals surface area contributed by atoms with E-state index < -0.39 is 17.5 Å². The van der Waals surface area contributed by atoms with Gasteiger partial charge in [-0.1, -0.05) is 31.9 Å². The molecule has 2 aliphatic rings. The first-order valence-corrected chi connectivity index (χ1v) is 9.83. The van der Waals surface area contributed by atoms with Gasteiger partial charge in [-0.3, -0.25) is 14.5 Å². The lowest BCUT2D eigenvalue weighted by molar-refractivity contribution is -0.136. The fourth-order valence-electron chi connectivity index (χ4n) is 4.18. The standard InChI is InChI=1S/C20H24N6O3/c1-14-4-2-3-9-20(14)18(28)26(19(29)24-20)11-17(27)23-16-7-5-15(6-8-16)10-25-13-21-12-22-25/h5-8,12-14H,2-4,9-11H2,1H3,(H,23,27)(H,24,29)/t14-,20+/m1/s1. The summed E-state index contributed by atoms with van der Waals surface area (Å²) in [5.41, 5.74) is 0.763. The molecule has 9 heteroatoms. The molecule has 4 rings (SSSR count). The molecule has 9 nitrogen and oxygen atoms in total. The van der Waals surface area contributed by atoms with Crippen molar-refractivity contribution in [3.63, 3.8) is 0 Å². The highest BCUT2D eigenvalue weighted by Gasteiger charge is 2.55. The topological polar surface area (TPSA) is 109 Å². The van der Waals surface area contributed by atoms with Gasteiger partial charge >= 0.3 is 6.03 Å². The van der Waals surface area contributed by atoms with Crippen LogP contribution in [-0.4, -0.2) is 49.6 Å². The van der Waals surface area contributed by atoms with Crippen molar-refractivity contribution in [3.8, 4) is 0 Å². The molecule has 2 heterocycles. The number of benzene rings is 1. The van der Waals surface area contributed by atoms with Gasteiger partial charge in [0.2, 0.25) is 5.91 Å². The summed E-state index contributed by atoms with van der Waals surface area (Å²) in [7, 11) is 0. The molecule has 1 saturated carbocycles. The van der Waals surface area contributed by atoms with Gasteiger partial charge in [0.15, 0.2) is 0 Å². The highest BCUT2D eigenvalue weighted by atomic mass is 16.2. The van der Waals surface area contributed by atoms with E-state index in [4.69, 9.17) is 0 Å². The van der Waals surface area contributed by atoms with Crippen molar-refractivity contribution in [1.29, 1.82) is 0 Å². The highest BCUT2D eigenvalue weighted by molar-refractivity contribution is 6.10. The molecule has 2 fully saturated rings. The van der Waals surface area contributed by atoms with E-state index >= 15 is 0 Å². The molecule has 1 aliphatic heterocycles. The molecule has 0 radical (unpaired) electrons. The Morgan fingerprint density at radius 3 is 2.76 bits per heavy atom. The Balaban J connectivity index is 1.37. The van der Waals surface area contributed by atoms with Gasteiger partial charge in [0.05, 0.1) is 6.54 Å². The van der Waals surface area contributed by atoms with E-state index in [0.717, 1.165) is 29.7 Å². The predicted octanol–water partition coefficient (Wildman–Crippen LogP) is 1.77. The third-order valence-electron chi connectivity index (χ3n) is 5.85. The van der Waals surface area contributed by atoms with Crippen LogP contribution in [0.25, 0.3) is 0 Å². The van der Waals surface area contributed by atoms with E-state index in [1.165, 1.54) is 6.33 Å². The van der Waals surface area contributed by atoms with Crippen molar-refractivity contribution in [2.75, 3.05) is 11.9 Å². The zero-order chi connectivity index (χ0) is 20.4. The molecule has 1 spiro atoms. The number of anilines is 1. The van der Waals surface area contributed by atoms with Crippen molar-refractivity contribution < 1.29 is 14.4 Å². The predicted molar refractivity (Wildman–Crippen MR) is 105 cm³/mol. The molecule has 1 aliphatic carbocycles. The van der Waals surface area contributed by atoms with E-state index in [-0.39, 0.29) is 18.4 Å². The minimum absolute atomic E-state index is 0.0679. The first kappa shape index (κ1) is 19.1. The van der Waals surface area contributed by atoms with Crippen molar-refractivity contribution in [1.82, 2.24) is 25.0 Å². The summed E-state index contributed by atoms with van der Waals surface area (Å²) in [5.74, 6) is -0.621. The number of rotatable bonds is 5. The van der Waals surface area contributed by atoms with Crippen LogP contribution in [0.3, 0.4) is 0 Å². The summed E-state index contributed by atoms with van der Waals surface area (Å²) in [6.07, 6.45) is 6.59. The van der Waals surface area contributed by atoms with Gasteiger partial charge in [0, 0.05) is 5.69 Å². The maximum Gasteiger partial charge on any atom is 0.325 e. The van der Waals surface area contributed by atoms with Gasteiger partial charge in [0.1, 0.15) is 24.7 Å². The first-order valence-electron chi connectivity index (χ1n) is 9.83. The van der Waals surface area contributed by atoms with Gasteiger partial charge < -0.3 is 10.6 Å². The molecule has 1 saturated heterocycles. The molecular weight excluding hydrogens is 372 g/mol. The quantitative estimate of drug-likeness (QED) is 0.749. The maximum absolute atomic E-state index is 12.9. The van der Waals surface area contributed by atoms with Crippen LogP contribution in [0.2, 0.25) is 0 Å². The Kier molecular flexibility index (Phi) is 5.04. The molecular formula is C20H24N6O3. The molecule has 2 atom stereocenters. The summed E-state index contributed by atoms with van der Waals surface area (Å²) in [5, 5.41) is 9.67. The van der Waals surface area contributed by atoms with E-state index in [2.05, 4.69) is 20.7 Å². The minimum Gasteiger partial charge on any atom is -0.325 e. The van der Waals surface area contributed by atoms with Crippen LogP contribution in [0.5, 0.6) is 0 Å². The summed E-state index contributed by atoms with van der Waals surface area (Å²) >= 11 is 0.